The minimum absolute atomic E-state index is 0.0519. The van der Waals surface area contributed by atoms with Crippen molar-refractivity contribution in [1.29, 1.82) is 0 Å². The van der Waals surface area contributed by atoms with Gasteiger partial charge in [0, 0.05) is 37.4 Å². The molecule has 2 aliphatic rings. The number of hydrogen-bond acceptors (Lipinski definition) is 4. The fourth-order valence-corrected chi connectivity index (χ4v) is 4.55. The normalized spacial score (nSPS) is 16.5. The van der Waals surface area contributed by atoms with E-state index < -0.39 is 10.0 Å². The first-order valence-corrected chi connectivity index (χ1v) is 11.6. The van der Waals surface area contributed by atoms with Gasteiger partial charge in [0.15, 0.2) is 0 Å². The molecular weight excluding hydrogens is 416 g/mol. The molecule has 1 saturated heterocycles. The van der Waals surface area contributed by atoms with E-state index in [4.69, 9.17) is 0 Å². The highest BCUT2D eigenvalue weighted by Gasteiger charge is 2.27. The van der Waals surface area contributed by atoms with E-state index in [1.807, 2.05) is 18.2 Å². The van der Waals surface area contributed by atoms with Gasteiger partial charge in [0.1, 0.15) is 0 Å². The summed E-state index contributed by atoms with van der Waals surface area (Å²) in [4.78, 5) is 26.1. The number of para-hydroxylation sites is 1. The summed E-state index contributed by atoms with van der Waals surface area (Å²) in [5.74, 6) is -0.314. The van der Waals surface area contributed by atoms with Crippen molar-refractivity contribution in [2.24, 2.45) is 0 Å². The zero-order valence-corrected chi connectivity index (χ0v) is 17.7. The van der Waals surface area contributed by atoms with Crippen LogP contribution in [-0.2, 0) is 21.4 Å². The molecule has 31 heavy (non-hydrogen) atoms. The van der Waals surface area contributed by atoms with Gasteiger partial charge in [-0.15, -0.1) is 0 Å². The van der Waals surface area contributed by atoms with Crippen molar-refractivity contribution in [2.75, 3.05) is 18.4 Å². The third-order valence-corrected chi connectivity index (χ3v) is 6.63. The van der Waals surface area contributed by atoms with Crippen LogP contribution in [0.4, 0.5) is 10.5 Å². The Labute approximate surface area is 181 Å². The predicted octanol–water partition coefficient (Wildman–Crippen LogP) is 2.30. The van der Waals surface area contributed by atoms with E-state index in [1.54, 1.807) is 29.2 Å². The molecule has 3 amide bonds. The summed E-state index contributed by atoms with van der Waals surface area (Å²) in [6, 6.07) is 13.7. The average molecular weight is 441 g/mol. The van der Waals surface area contributed by atoms with Gasteiger partial charge in [-0.1, -0.05) is 30.3 Å². The summed E-state index contributed by atoms with van der Waals surface area (Å²) in [5.41, 5.74) is 2.20. The van der Waals surface area contributed by atoms with Crippen LogP contribution >= 0.6 is 0 Å². The predicted molar refractivity (Wildman–Crippen MR) is 118 cm³/mol. The molecule has 8 nitrogen and oxygen atoms in total. The molecule has 0 atom stereocenters. The largest absolute Gasteiger partial charge is 0.336 e. The fraction of sp³-hybridized carbons (Fsp3) is 0.273. The van der Waals surface area contributed by atoms with Gasteiger partial charge in [0.2, 0.25) is 15.9 Å². The highest BCUT2D eigenvalue weighted by atomic mass is 32.2. The summed E-state index contributed by atoms with van der Waals surface area (Å²) >= 11 is 0. The van der Waals surface area contributed by atoms with Crippen LogP contribution in [0.25, 0.3) is 6.08 Å². The third-order valence-electron chi connectivity index (χ3n) is 5.10. The van der Waals surface area contributed by atoms with Crippen LogP contribution in [0.1, 0.15) is 24.0 Å². The van der Waals surface area contributed by atoms with E-state index in [-0.39, 0.29) is 22.9 Å². The maximum absolute atomic E-state index is 12.4. The number of anilines is 1. The Morgan fingerprint density at radius 2 is 1.87 bits per heavy atom. The second-order valence-corrected chi connectivity index (χ2v) is 9.31. The highest BCUT2D eigenvalue weighted by Crippen LogP contribution is 2.22. The molecule has 2 aromatic carbocycles. The average Bonchev–Trinajstić information content (AvgIpc) is 3.47. The van der Waals surface area contributed by atoms with E-state index in [9.17, 15) is 18.0 Å². The molecule has 4 rings (SSSR count). The molecule has 0 spiro atoms. The second kappa shape index (κ2) is 8.91. The number of rotatable bonds is 8. The van der Waals surface area contributed by atoms with Gasteiger partial charge in [0.05, 0.1) is 4.90 Å². The number of carbonyl (C=O) groups is 2. The molecule has 162 valence electrons. The van der Waals surface area contributed by atoms with Crippen molar-refractivity contribution in [1.82, 2.24) is 14.9 Å². The molecule has 1 saturated carbocycles. The van der Waals surface area contributed by atoms with Gasteiger partial charge in [-0.3, -0.25) is 4.79 Å². The van der Waals surface area contributed by atoms with Gasteiger partial charge >= 0.3 is 6.03 Å². The van der Waals surface area contributed by atoms with Gasteiger partial charge in [0.25, 0.3) is 0 Å². The maximum atomic E-state index is 12.4. The molecule has 0 radical (unpaired) electrons. The van der Waals surface area contributed by atoms with Crippen LogP contribution in [0.2, 0.25) is 0 Å². The van der Waals surface area contributed by atoms with Crippen LogP contribution in [0, 0.1) is 0 Å². The van der Waals surface area contributed by atoms with E-state index >= 15 is 0 Å². The van der Waals surface area contributed by atoms with Crippen molar-refractivity contribution in [3.63, 3.8) is 0 Å². The molecular formula is C22H24N4O4S. The maximum Gasteiger partial charge on any atom is 0.317 e. The number of hydrogen-bond donors (Lipinski definition) is 3. The van der Waals surface area contributed by atoms with E-state index in [0.29, 0.717) is 30.9 Å². The minimum Gasteiger partial charge on any atom is -0.336 e. The zero-order chi connectivity index (χ0) is 21.8. The Hall–Kier alpha value is -3.17. The number of amides is 3. The Balaban J connectivity index is 1.38. The van der Waals surface area contributed by atoms with E-state index in [2.05, 4.69) is 15.4 Å². The second-order valence-electron chi connectivity index (χ2n) is 7.60. The lowest BCUT2D eigenvalue weighted by Crippen LogP contribution is -2.28. The third kappa shape index (κ3) is 5.50. The Morgan fingerprint density at radius 3 is 2.55 bits per heavy atom. The lowest BCUT2D eigenvalue weighted by atomic mass is 10.1. The Morgan fingerprint density at radius 1 is 1.13 bits per heavy atom. The number of benzene rings is 2. The molecule has 1 aliphatic carbocycles. The first-order chi connectivity index (χ1) is 14.9. The van der Waals surface area contributed by atoms with Crippen LogP contribution in [-0.4, -0.2) is 44.4 Å². The molecule has 0 unspecified atom stereocenters. The standard InChI is InChI=1S/C22H24N4O4S/c27-21(24-20-4-2-1-3-17(20)15-26-14-13-23-22(26)28)12-7-16-5-10-19(11-6-16)31(29,30)25-18-8-9-18/h1-7,10-12,18,25H,8-9,13-15H2,(H,23,28)(H,24,27). The molecule has 0 aromatic heterocycles. The molecule has 1 heterocycles. The number of carbonyl (C=O) groups excluding carboxylic acids is 2. The molecule has 1 aliphatic heterocycles. The Kier molecular flexibility index (Phi) is 6.06. The van der Waals surface area contributed by atoms with Crippen LogP contribution in [0.5, 0.6) is 0 Å². The minimum atomic E-state index is -3.49. The molecule has 2 aromatic rings. The Bertz CT molecular complexity index is 1110. The fourth-order valence-electron chi connectivity index (χ4n) is 3.24. The summed E-state index contributed by atoms with van der Waals surface area (Å²) in [6.07, 6.45) is 4.77. The number of sulfonamides is 1. The van der Waals surface area contributed by atoms with E-state index in [0.717, 1.165) is 18.4 Å². The van der Waals surface area contributed by atoms with Crippen molar-refractivity contribution >= 4 is 33.7 Å². The van der Waals surface area contributed by atoms with E-state index in [1.165, 1.54) is 18.2 Å². The van der Waals surface area contributed by atoms with Gasteiger partial charge in [-0.05, 0) is 48.2 Å². The molecule has 9 heteroatoms. The van der Waals surface area contributed by atoms with Crippen LogP contribution in [0.3, 0.4) is 0 Å². The van der Waals surface area contributed by atoms with Crippen molar-refractivity contribution in [3.05, 3.63) is 65.7 Å². The topological polar surface area (TPSA) is 108 Å². The number of nitrogens with zero attached hydrogens (tertiary/aromatic N) is 1. The van der Waals surface area contributed by atoms with Gasteiger partial charge < -0.3 is 15.5 Å². The highest BCUT2D eigenvalue weighted by molar-refractivity contribution is 7.89. The number of nitrogens with one attached hydrogen (secondary N) is 3. The first-order valence-electron chi connectivity index (χ1n) is 10.1. The molecule has 2 fully saturated rings. The quantitative estimate of drug-likeness (QED) is 0.548. The summed E-state index contributed by atoms with van der Waals surface area (Å²) in [7, 11) is -3.49. The molecule has 3 N–H and O–H groups in total. The van der Waals surface area contributed by atoms with Gasteiger partial charge in [-0.2, -0.15) is 0 Å². The summed E-state index contributed by atoms with van der Waals surface area (Å²) in [6.45, 7) is 1.66. The van der Waals surface area contributed by atoms with Crippen molar-refractivity contribution < 1.29 is 18.0 Å². The smallest absolute Gasteiger partial charge is 0.317 e. The zero-order valence-electron chi connectivity index (χ0n) is 16.9. The van der Waals surface area contributed by atoms with Crippen molar-refractivity contribution in [3.8, 4) is 0 Å². The monoisotopic (exact) mass is 440 g/mol. The lowest BCUT2D eigenvalue weighted by Gasteiger charge is -2.17. The number of urea groups is 1. The SMILES string of the molecule is O=C(C=Cc1ccc(S(=O)(=O)NC2CC2)cc1)Nc1ccccc1CN1CCNC1=O. The van der Waals surface area contributed by atoms with Gasteiger partial charge in [-0.25, -0.2) is 17.9 Å². The van der Waals surface area contributed by atoms with Crippen molar-refractivity contribution in [2.45, 2.75) is 30.3 Å². The van der Waals surface area contributed by atoms with Crippen LogP contribution in [0.15, 0.2) is 59.5 Å². The molecule has 0 bridgehead atoms. The summed E-state index contributed by atoms with van der Waals surface area (Å²) < 4.78 is 27.1. The summed E-state index contributed by atoms with van der Waals surface area (Å²) in [5, 5.41) is 5.60. The van der Waals surface area contributed by atoms with Crippen LogP contribution < -0.4 is 15.4 Å². The lowest BCUT2D eigenvalue weighted by molar-refractivity contribution is -0.111. The first kappa shape index (κ1) is 21.1.